The standard InChI is InChI=1S/C12H23N/c1-2-8-12(13)11-9-6-4-3-5-7-10-11/h2,11-12H,1,3-10,13H2. The molecule has 0 aromatic carbocycles. The molecule has 1 atom stereocenters. The van der Waals surface area contributed by atoms with Gasteiger partial charge in [-0.3, -0.25) is 0 Å². The van der Waals surface area contributed by atoms with Crippen LogP contribution in [0.5, 0.6) is 0 Å². The van der Waals surface area contributed by atoms with Crippen molar-refractivity contribution in [2.24, 2.45) is 11.7 Å². The molecule has 0 aromatic heterocycles. The first-order valence-electron chi connectivity index (χ1n) is 5.71. The van der Waals surface area contributed by atoms with Gasteiger partial charge in [0.25, 0.3) is 0 Å². The molecule has 76 valence electrons. The number of nitrogens with two attached hydrogens (primary N) is 1. The molecule has 1 nitrogen and oxygen atoms in total. The molecule has 2 N–H and O–H groups in total. The highest BCUT2D eigenvalue weighted by molar-refractivity contribution is 4.81. The van der Waals surface area contributed by atoms with Crippen LogP contribution in [-0.4, -0.2) is 6.04 Å². The summed E-state index contributed by atoms with van der Waals surface area (Å²) in [5, 5.41) is 0. The van der Waals surface area contributed by atoms with Gasteiger partial charge in [0.2, 0.25) is 0 Å². The lowest BCUT2D eigenvalue weighted by atomic mass is 9.85. The summed E-state index contributed by atoms with van der Waals surface area (Å²) in [6.07, 6.45) is 12.7. The van der Waals surface area contributed by atoms with Crippen LogP contribution in [0.25, 0.3) is 0 Å². The summed E-state index contributed by atoms with van der Waals surface area (Å²) >= 11 is 0. The topological polar surface area (TPSA) is 26.0 Å². The van der Waals surface area contributed by atoms with E-state index < -0.39 is 0 Å². The maximum atomic E-state index is 6.11. The van der Waals surface area contributed by atoms with Crippen molar-refractivity contribution in [3.05, 3.63) is 12.7 Å². The van der Waals surface area contributed by atoms with E-state index in [4.69, 9.17) is 5.73 Å². The van der Waals surface area contributed by atoms with E-state index in [0.29, 0.717) is 6.04 Å². The molecule has 1 unspecified atom stereocenters. The molecule has 0 radical (unpaired) electrons. The predicted molar refractivity (Wildman–Crippen MR) is 58.6 cm³/mol. The largest absolute Gasteiger partial charge is 0.327 e. The highest BCUT2D eigenvalue weighted by Gasteiger charge is 2.17. The summed E-state index contributed by atoms with van der Waals surface area (Å²) in [6.45, 7) is 3.76. The summed E-state index contributed by atoms with van der Waals surface area (Å²) in [5.41, 5.74) is 6.11. The van der Waals surface area contributed by atoms with Crippen molar-refractivity contribution in [2.75, 3.05) is 0 Å². The Labute approximate surface area is 82.4 Å². The third-order valence-electron chi connectivity index (χ3n) is 3.19. The molecule has 1 fully saturated rings. The molecule has 1 saturated carbocycles. The molecule has 0 bridgehead atoms. The van der Waals surface area contributed by atoms with E-state index in [1.54, 1.807) is 0 Å². The zero-order chi connectivity index (χ0) is 9.52. The van der Waals surface area contributed by atoms with E-state index in [1.165, 1.54) is 44.9 Å². The molecular weight excluding hydrogens is 158 g/mol. The van der Waals surface area contributed by atoms with E-state index in [-0.39, 0.29) is 0 Å². The third kappa shape index (κ3) is 3.95. The van der Waals surface area contributed by atoms with E-state index in [1.807, 2.05) is 6.08 Å². The van der Waals surface area contributed by atoms with Gasteiger partial charge in [-0.25, -0.2) is 0 Å². The zero-order valence-electron chi connectivity index (χ0n) is 8.67. The van der Waals surface area contributed by atoms with Crippen LogP contribution < -0.4 is 5.73 Å². The van der Waals surface area contributed by atoms with Crippen LogP contribution in [-0.2, 0) is 0 Å². The molecule has 0 spiro atoms. The highest BCUT2D eigenvalue weighted by Crippen LogP contribution is 2.25. The molecular formula is C12H23N. The van der Waals surface area contributed by atoms with Gasteiger partial charge < -0.3 is 5.73 Å². The van der Waals surface area contributed by atoms with Crippen LogP contribution in [0.2, 0.25) is 0 Å². The van der Waals surface area contributed by atoms with Crippen molar-refractivity contribution >= 4 is 0 Å². The van der Waals surface area contributed by atoms with E-state index in [0.717, 1.165) is 12.3 Å². The summed E-state index contributed by atoms with van der Waals surface area (Å²) in [7, 11) is 0. The minimum atomic E-state index is 0.371. The van der Waals surface area contributed by atoms with Crippen molar-refractivity contribution in [1.29, 1.82) is 0 Å². The summed E-state index contributed by atoms with van der Waals surface area (Å²) < 4.78 is 0. The van der Waals surface area contributed by atoms with E-state index in [2.05, 4.69) is 6.58 Å². The Bertz CT molecular complexity index is 134. The quantitative estimate of drug-likeness (QED) is 0.664. The second-order valence-corrected chi connectivity index (χ2v) is 4.29. The third-order valence-corrected chi connectivity index (χ3v) is 3.19. The zero-order valence-corrected chi connectivity index (χ0v) is 8.67. The van der Waals surface area contributed by atoms with Crippen molar-refractivity contribution in [3.63, 3.8) is 0 Å². The first kappa shape index (κ1) is 10.8. The lowest BCUT2D eigenvalue weighted by molar-refractivity contribution is 0.324. The number of rotatable bonds is 3. The monoisotopic (exact) mass is 181 g/mol. The smallest absolute Gasteiger partial charge is 0.0102 e. The van der Waals surface area contributed by atoms with Gasteiger partial charge in [-0.1, -0.05) is 38.2 Å². The van der Waals surface area contributed by atoms with Gasteiger partial charge >= 0.3 is 0 Å². The number of hydrogen-bond donors (Lipinski definition) is 1. The summed E-state index contributed by atoms with van der Waals surface area (Å²) in [5.74, 6) is 0.762. The van der Waals surface area contributed by atoms with E-state index in [9.17, 15) is 0 Å². The van der Waals surface area contributed by atoms with Gasteiger partial charge in [-0.05, 0) is 25.2 Å². The van der Waals surface area contributed by atoms with Crippen LogP contribution in [0.3, 0.4) is 0 Å². The summed E-state index contributed by atoms with van der Waals surface area (Å²) in [4.78, 5) is 0. The predicted octanol–water partition coefficient (Wildman–Crippen LogP) is 3.25. The fraction of sp³-hybridized carbons (Fsp3) is 0.833. The minimum Gasteiger partial charge on any atom is -0.327 e. The van der Waals surface area contributed by atoms with E-state index >= 15 is 0 Å². The fourth-order valence-electron chi connectivity index (χ4n) is 2.30. The maximum absolute atomic E-state index is 6.11. The Balaban J connectivity index is 2.31. The lowest BCUT2D eigenvalue weighted by Crippen LogP contribution is -2.30. The average Bonchev–Trinajstić information content (AvgIpc) is 2.03. The van der Waals surface area contributed by atoms with Crippen molar-refractivity contribution in [3.8, 4) is 0 Å². The van der Waals surface area contributed by atoms with Crippen LogP contribution in [0.15, 0.2) is 12.7 Å². The SMILES string of the molecule is C=CCC(N)C1CCCCCCC1. The Morgan fingerprint density at radius 1 is 1.15 bits per heavy atom. The average molecular weight is 181 g/mol. The number of hydrogen-bond acceptors (Lipinski definition) is 1. The Morgan fingerprint density at radius 3 is 2.23 bits per heavy atom. The van der Waals surface area contributed by atoms with Gasteiger partial charge in [0, 0.05) is 6.04 Å². The van der Waals surface area contributed by atoms with Crippen LogP contribution in [0.4, 0.5) is 0 Å². The lowest BCUT2D eigenvalue weighted by Gasteiger charge is -2.24. The van der Waals surface area contributed by atoms with Gasteiger partial charge in [-0.2, -0.15) is 0 Å². The molecule has 0 aliphatic heterocycles. The normalized spacial score (nSPS) is 23.2. The van der Waals surface area contributed by atoms with Gasteiger partial charge in [0.1, 0.15) is 0 Å². The fourth-order valence-corrected chi connectivity index (χ4v) is 2.30. The molecule has 1 heteroatoms. The Kier molecular flexibility index (Phi) is 5.14. The van der Waals surface area contributed by atoms with Gasteiger partial charge in [-0.15, -0.1) is 6.58 Å². The maximum Gasteiger partial charge on any atom is 0.0102 e. The molecule has 0 amide bonds. The second-order valence-electron chi connectivity index (χ2n) is 4.29. The second kappa shape index (κ2) is 6.20. The Hall–Kier alpha value is -0.300. The van der Waals surface area contributed by atoms with Gasteiger partial charge in [0.15, 0.2) is 0 Å². The van der Waals surface area contributed by atoms with Crippen molar-refractivity contribution in [2.45, 2.75) is 57.4 Å². The molecule has 0 aromatic rings. The molecule has 1 aliphatic rings. The van der Waals surface area contributed by atoms with Crippen LogP contribution >= 0.6 is 0 Å². The van der Waals surface area contributed by atoms with Crippen LogP contribution in [0, 0.1) is 5.92 Å². The van der Waals surface area contributed by atoms with Crippen molar-refractivity contribution < 1.29 is 0 Å². The Morgan fingerprint density at radius 2 is 1.69 bits per heavy atom. The highest BCUT2D eigenvalue weighted by atomic mass is 14.6. The molecule has 1 aliphatic carbocycles. The first-order chi connectivity index (χ1) is 6.34. The summed E-state index contributed by atoms with van der Waals surface area (Å²) in [6, 6.07) is 0.371. The molecule has 13 heavy (non-hydrogen) atoms. The van der Waals surface area contributed by atoms with Crippen molar-refractivity contribution in [1.82, 2.24) is 0 Å². The molecule has 0 saturated heterocycles. The molecule has 0 heterocycles. The first-order valence-corrected chi connectivity index (χ1v) is 5.71. The molecule has 1 rings (SSSR count). The van der Waals surface area contributed by atoms with Crippen LogP contribution in [0.1, 0.15) is 51.4 Å². The minimum absolute atomic E-state index is 0.371. The van der Waals surface area contributed by atoms with Gasteiger partial charge in [0.05, 0.1) is 0 Å².